The molecule has 0 N–H and O–H groups in total. The summed E-state index contributed by atoms with van der Waals surface area (Å²) in [5, 5.41) is 0. The second-order valence-corrected chi connectivity index (χ2v) is 5.79. The van der Waals surface area contributed by atoms with Crippen LogP contribution in [0.4, 0.5) is 0 Å². The van der Waals surface area contributed by atoms with Gasteiger partial charge in [-0.05, 0) is 19.8 Å². The van der Waals surface area contributed by atoms with E-state index in [2.05, 4.69) is 11.8 Å². The Hall–Kier alpha value is -0.410. The Morgan fingerprint density at radius 3 is 2.59 bits per heavy atom. The summed E-state index contributed by atoms with van der Waals surface area (Å²) in [6.07, 6.45) is 8.46. The second-order valence-electron chi connectivity index (χ2n) is 5.79. The summed E-state index contributed by atoms with van der Waals surface area (Å²) in [6.45, 7) is 5.76. The lowest BCUT2D eigenvalue weighted by atomic mass is 9.81. The van der Waals surface area contributed by atoms with E-state index in [9.17, 15) is 4.79 Å². The topological polar surface area (TPSA) is 29.5 Å². The lowest BCUT2D eigenvalue weighted by Gasteiger charge is -2.39. The highest BCUT2D eigenvalue weighted by molar-refractivity contribution is 5.59. The van der Waals surface area contributed by atoms with Gasteiger partial charge in [-0.2, -0.15) is 0 Å². The molecule has 2 aliphatic rings. The van der Waals surface area contributed by atoms with Gasteiger partial charge in [0.2, 0.25) is 0 Å². The van der Waals surface area contributed by atoms with Gasteiger partial charge in [0.1, 0.15) is 6.29 Å². The maximum Gasteiger partial charge on any atom is 0.127 e. The maximum absolute atomic E-state index is 11.6. The van der Waals surface area contributed by atoms with Crippen LogP contribution in [0.5, 0.6) is 0 Å². The van der Waals surface area contributed by atoms with Crippen LogP contribution < -0.4 is 0 Å². The van der Waals surface area contributed by atoms with Gasteiger partial charge in [-0.15, -0.1) is 0 Å². The Bertz CT molecular complexity index is 247. The molecular weight excluding hydrogens is 214 g/mol. The SMILES string of the molecule is CC1COCCN1CC1(C=O)CCCCCC1. The fourth-order valence-corrected chi connectivity index (χ4v) is 3.15. The van der Waals surface area contributed by atoms with Crippen LogP contribution in [0.1, 0.15) is 45.4 Å². The molecule has 0 radical (unpaired) electrons. The maximum atomic E-state index is 11.6. The smallest absolute Gasteiger partial charge is 0.127 e. The van der Waals surface area contributed by atoms with Crippen molar-refractivity contribution in [3.05, 3.63) is 0 Å². The summed E-state index contributed by atoms with van der Waals surface area (Å²) < 4.78 is 5.46. The molecule has 0 amide bonds. The van der Waals surface area contributed by atoms with Gasteiger partial charge in [0.05, 0.1) is 13.2 Å². The molecule has 1 aliphatic carbocycles. The number of morpholine rings is 1. The number of ether oxygens (including phenoxy) is 1. The van der Waals surface area contributed by atoms with Crippen LogP contribution in [-0.4, -0.2) is 43.5 Å². The molecule has 1 heterocycles. The van der Waals surface area contributed by atoms with E-state index < -0.39 is 0 Å². The zero-order valence-corrected chi connectivity index (χ0v) is 11.0. The van der Waals surface area contributed by atoms with E-state index in [0.29, 0.717) is 6.04 Å². The van der Waals surface area contributed by atoms with E-state index in [1.165, 1.54) is 32.0 Å². The van der Waals surface area contributed by atoms with Crippen molar-refractivity contribution in [1.82, 2.24) is 4.90 Å². The Balaban J connectivity index is 1.99. The van der Waals surface area contributed by atoms with Crippen molar-refractivity contribution in [3.8, 4) is 0 Å². The highest BCUT2D eigenvalue weighted by Crippen LogP contribution is 2.34. The Labute approximate surface area is 105 Å². The lowest BCUT2D eigenvalue weighted by Crippen LogP contribution is -2.49. The van der Waals surface area contributed by atoms with E-state index in [4.69, 9.17) is 4.74 Å². The molecule has 2 fully saturated rings. The third kappa shape index (κ3) is 3.29. The van der Waals surface area contributed by atoms with E-state index >= 15 is 0 Å². The molecule has 0 aromatic rings. The van der Waals surface area contributed by atoms with E-state index in [1.54, 1.807) is 0 Å². The van der Waals surface area contributed by atoms with E-state index in [0.717, 1.165) is 39.1 Å². The van der Waals surface area contributed by atoms with Gasteiger partial charge in [-0.25, -0.2) is 0 Å². The number of carbonyl (C=O) groups is 1. The van der Waals surface area contributed by atoms with Crippen molar-refractivity contribution in [3.63, 3.8) is 0 Å². The minimum absolute atomic E-state index is 0.0674. The predicted molar refractivity (Wildman–Crippen MR) is 68.1 cm³/mol. The summed E-state index contributed by atoms with van der Waals surface area (Å²) in [5.74, 6) is 0. The van der Waals surface area contributed by atoms with Gasteiger partial charge in [-0.3, -0.25) is 4.90 Å². The lowest BCUT2D eigenvalue weighted by molar-refractivity contribution is -0.119. The zero-order chi connectivity index (χ0) is 12.1. The minimum Gasteiger partial charge on any atom is -0.379 e. The first-order valence-electron chi connectivity index (χ1n) is 7.04. The molecule has 0 spiro atoms. The Morgan fingerprint density at radius 1 is 1.29 bits per heavy atom. The molecule has 0 bridgehead atoms. The zero-order valence-electron chi connectivity index (χ0n) is 11.0. The van der Waals surface area contributed by atoms with Crippen LogP contribution in [-0.2, 0) is 9.53 Å². The second kappa shape index (κ2) is 5.96. The van der Waals surface area contributed by atoms with E-state index in [-0.39, 0.29) is 5.41 Å². The molecule has 1 atom stereocenters. The van der Waals surface area contributed by atoms with Gasteiger partial charge in [-0.1, -0.05) is 25.7 Å². The van der Waals surface area contributed by atoms with Crippen LogP contribution in [0, 0.1) is 5.41 Å². The number of hydrogen-bond acceptors (Lipinski definition) is 3. The molecule has 1 unspecified atom stereocenters. The fraction of sp³-hybridized carbons (Fsp3) is 0.929. The molecule has 1 aliphatic heterocycles. The largest absolute Gasteiger partial charge is 0.379 e. The Kier molecular flexibility index (Phi) is 4.57. The molecule has 0 aromatic heterocycles. The molecule has 98 valence electrons. The molecule has 17 heavy (non-hydrogen) atoms. The molecule has 3 heteroatoms. The summed E-state index contributed by atoms with van der Waals surface area (Å²) in [6, 6.07) is 0.462. The molecule has 1 saturated heterocycles. The summed E-state index contributed by atoms with van der Waals surface area (Å²) in [7, 11) is 0. The van der Waals surface area contributed by atoms with Crippen molar-refractivity contribution in [2.75, 3.05) is 26.3 Å². The summed E-state index contributed by atoms with van der Waals surface area (Å²) >= 11 is 0. The number of nitrogens with zero attached hydrogens (tertiary/aromatic N) is 1. The number of rotatable bonds is 3. The van der Waals surface area contributed by atoms with Crippen LogP contribution in [0.2, 0.25) is 0 Å². The quantitative estimate of drug-likeness (QED) is 0.559. The van der Waals surface area contributed by atoms with Gasteiger partial charge in [0.25, 0.3) is 0 Å². The van der Waals surface area contributed by atoms with Crippen molar-refractivity contribution in [2.45, 2.75) is 51.5 Å². The molecule has 1 saturated carbocycles. The standard InChI is InChI=1S/C14H25NO2/c1-13-10-17-9-8-15(13)11-14(12-16)6-4-2-3-5-7-14/h12-13H,2-11H2,1H3. The normalized spacial score (nSPS) is 30.8. The summed E-state index contributed by atoms with van der Waals surface area (Å²) in [5.41, 5.74) is -0.0674. The number of aldehydes is 1. The van der Waals surface area contributed by atoms with Crippen LogP contribution in [0.3, 0.4) is 0 Å². The monoisotopic (exact) mass is 239 g/mol. The number of hydrogen-bond donors (Lipinski definition) is 0. The van der Waals surface area contributed by atoms with Crippen LogP contribution in [0.15, 0.2) is 0 Å². The molecular formula is C14H25NO2. The first-order chi connectivity index (χ1) is 8.26. The van der Waals surface area contributed by atoms with Crippen molar-refractivity contribution in [2.24, 2.45) is 5.41 Å². The van der Waals surface area contributed by atoms with Gasteiger partial charge in [0, 0.05) is 24.5 Å². The van der Waals surface area contributed by atoms with Gasteiger partial charge >= 0.3 is 0 Å². The van der Waals surface area contributed by atoms with E-state index in [1.807, 2.05) is 0 Å². The van der Waals surface area contributed by atoms with Crippen molar-refractivity contribution < 1.29 is 9.53 Å². The number of carbonyl (C=O) groups excluding carboxylic acids is 1. The highest BCUT2D eigenvalue weighted by atomic mass is 16.5. The summed E-state index contributed by atoms with van der Waals surface area (Å²) in [4.78, 5) is 14.0. The minimum atomic E-state index is -0.0674. The van der Waals surface area contributed by atoms with Crippen LogP contribution >= 0.6 is 0 Å². The Morgan fingerprint density at radius 2 is 2.00 bits per heavy atom. The fourth-order valence-electron chi connectivity index (χ4n) is 3.15. The molecule has 2 rings (SSSR count). The first kappa shape index (κ1) is 13.0. The molecule has 0 aromatic carbocycles. The predicted octanol–water partition coefficient (Wildman–Crippen LogP) is 2.25. The van der Waals surface area contributed by atoms with Gasteiger partial charge < -0.3 is 9.53 Å². The van der Waals surface area contributed by atoms with Crippen molar-refractivity contribution in [1.29, 1.82) is 0 Å². The van der Waals surface area contributed by atoms with Crippen molar-refractivity contribution >= 4 is 6.29 Å². The molecule has 3 nitrogen and oxygen atoms in total. The third-order valence-electron chi connectivity index (χ3n) is 4.37. The highest BCUT2D eigenvalue weighted by Gasteiger charge is 2.34. The first-order valence-corrected chi connectivity index (χ1v) is 7.04. The average molecular weight is 239 g/mol. The van der Waals surface area contributed by atoms with Crippen LogP contribution in [0.25, 0.3) is 0 Å². The third-order valence-corrected chi connectivity index (χ3v) is 4.37. The average Bonchev–Trinajstić information content (AvgIpc) is 2.58. The van der Waals surface area contributed by atoms with Gasteiger partial charge in [0.15, 0.2) is 0 Å².